The van der Waals surface area contributed by atoms with Crippen LogP contribution in [0.5, 0.6) is 11.8 Å². The number of benzene rings is 1. The van der Waals surface area contributed by atoms with E-state index in [9.17, 15) is 13.2 Å². The number of hydrogen-bond donors (Lipinski definition) is 1. The van der Waals surface area contributed by atoms with Crippen LogP contribution >= 0.6 is 0 Å². The molecule has 1 atom stereocenters. The molecule has 1 N–H and O–H groups in total. The summed E-state index contributed by atoms with van der Waals surface area (Å²) in [6, 6.07) is 9.17. The van der Waals surface area contributed by atoms with Gasteiger partial charge in [0.1, 0.15) is 6.10 Å². The highest BCUT2D eigenvalue weighted by Crippen LogP contribution is 2.24. The number of amides is 1. The molecule has 1 aliphatic heterocycles. The molecule has 10 nitrogen and oxygen atoms in total. The molecule has 156 valence electrons. The van der Waals surface area contributed by atoms with Crippen molar-refractivity contribution < 1.29 is 27.4 Å². The Balaban J connectivity index is 1.67. The van der Waals surface area contributed by atoms with Gasteiger partial charge in [-0.05, 0) is 37.1 Å². The zero-order chi connectivity index (χ0) is 20.9. The third kappa shape index (κ3) is 5.12. The van der Waals surface area contributed by atoms with Gasteiger partial charge in [0, 0.05) is 24.4 Å². The summed E-state index contributed by atoms with van der Waals surface area (Å²) in [5.41, 5.74) is 0.439. The number of rotatable bonds is 6. The van der Waals surface area contributed by atoms with Crippen LogP contribution in [0.2, 0.25) is 0 Å². The minimum absolute atomic E-state index is 0.137. The van der Waals surface area contributed by atoms with Gasteiger partial charge in [-0.1, -0.05) is 0 Å². The number of carbonyl (C=O) groups excluding carboxylic acids is 1. The number of nitrogens with one attached hydrogen (secondary N) is 1. The number of hydrogen-bond acceptors (Lipinski definition) is 8. The van der Waals surface area contributed by atoms with Crippen LogP contribution in [0.3, 0.4) is 0 Å². The Hall–Kier alpha value is -2.92. The Morgan fingerprint density at radius 1 is 1.10 bits per heavy atom. The van der Waals surface area contributed by atoms with Crippen molar-refractivity contribution in [3.8, 4) is 11.8 Å². The predicted molar refractivity (Wildman–Crippen MR) is 103 cm³/mol. The van der Waals surface area contributed by atoms with Crippen molar-refractivity contribution in [1.29, 1.82) is 0 Å². The molecule has 1 fully saturated rings. The summed E-state index contributed by atoms with van der Waals surface area (Å²) in [6.45, 7) is 0.608. The second kappa shape index (κ2) is 9.05. The summed E-state index contributed by atoms with van der Waals surface area (Å²) < 4.78 is 42.6. The zero-order valence-corrected chi connectivity index (χ0v) is 16.9. The lowest BCUT2D eigenvalue weighted by Gasteiger charge is -2.31. The van der Waals surface area contributed by atoms with Crippen LogP contribution in [0.1, 0.15) is 12.8 Å². The second-order valence-electron chi connectivity index (χ2n) is 6.30. The van der Waals surface area contributed by atoms with E-state index in [4.69, 9.17) is 9.47 Å². The fourth-order valence-corrected chi connectivity index (χ4v) is 4.41. The van der Waals surface area contributed by atoms with Crippen molar-refractivity contribution >= 4 is 21.8 Å². The van der Waals surface area contributed by atoms with Gasteiger partial charge in [-0.15, -0.1) is 10.2 Å². The van der Waals surface area contributed by atoms with E-state index in [1.165, 1.54) is 42.8 Å². The Bertz CT molecular complexity index is 934. The average Bonchev–Trinajstić information content (AvgIpc) is 2.75. The fourth-order valence-electron chi connectivity index (χ4n) is 2.90. The van der Waals surface area contributed by atoms with Gasteiger partial charge in [0.25, 0.3) is 0 Å². The van der Waals surface area contributed by atoms with Crippen molar-refractivity contribution in [3.05, 3.63) is 36.4 Å². The monoisotopic (exact) mass is 422 g/mol. The summed E-state index contributed by atoms with van der Waals surface area (Å²) in [5.74, 6) is 0.684. The molecule has 0 spiro atoms. The first kappa shape index (κ1) is 20.8. The fraction of sp³-hybridized carbons (Fsp3) is 0.389. The molecule has 1 aromatic carbocycles. The van der Waals surface area contributed by atoms with Crippen LogP contribution in [0.25, 0.3) is 0 Å². The molecule has 2 aromatic rings. The van der Waals surface area contributed by atoms with Gasteiger partial charge in [-0.25, -0.2) is 13.2 Å². The molecule has 1 saturated heterocycles. The maximum absolute atomic E-state index is 13.0. The molecular formula is C18H22N4O6S. The van der Waals surface area contributed by atoms with Crippen LogP contribution < -0.4 is 14.8 Å². The van der Waals surface area contributed by atoms with Crippen LogP contribution in [0.4, 0.5) is 10.5 Å². The van der Waals surface area contributed by atoms with Crippen molar-refractivity contribution in [3.63, 3.8) is 0 Å². The number of carbonyl (C=O) groups is 1. The number of sulfonamides is 1. The molecule has 1 aliphatic rings. The number of ether oxygens (including phenoxy) is 3. The van der Waals surface area contributed by atoms with E-state index in [0.717, 1.165) is 0 Å². The predicted octanol–water partition coefficient (Wildman–Crippen LogP) is 1.90. The van der Waals surface area contributed by atoms with E-state index >= 15 is 0 Å². The van der Waals surface area contributed by atoms with E-state index in [2.05, 4.69) is 20.3 Å². The quantitative estimate of drug-likeness (QED) is 0.749. The highest BCUT2D eigenvalue weighted by molar-refractivity contribution is 7.89. The topological polar surface area (TPSA) is 120 Å². The van der Waals surface area contributed by atoms with Crippen molar-refractivity contribution in [1.82, 2.24) is 14.5 Å². The van der Waals surface area contributed by atoms with E-state index < -0.39 is 16.1 Å². The normalized spacial score (nSPS) is 17.4. The van der Waals surface area contributed by atoms with Crippen molar-refractivity contribution in [2.24, 2.45) is 0 Å². The largest absolute Gasteiger partial charge is 0.480 e. The van der Waals surface area contributed by atoms with Crippen molar-refractivity contribution in [2.75, 3.05) is 32.6 Å². The highest BCUT2D eigenvalue weighted by atomic mass is 32.2. The lowest BCUT2D eigenvalue weighted by atomic mass is 10.1. The first-order valence-electron chi connectivity index (χ1n) is 8.92. The van der Waals surface area contributed by atoms with Crippen molar-refractivity contribution in [2.45, 2.75) is 23.8 Å². The molecule has 2 heterocycles. The van der Waals surface area contributed by atoms with Gasteiger partial charge in [-0.3, -0.25) is 5.32 Å². The molecule has 0 aliphatic carbocycles. The van der Waals surface area contributed by atoms with E-state index in [-0.39, 0.29) is 17.5 Å². The SMILES string of the molecule is COC(=O)Nc1ccc(S(=O)(=O)N2CCCC(Oc3ccc(OC)nn3)C2)cc1. The summed E-state index contributed by atoms with van der Waals surface area (Å²) in [7, 11) is -0.952. The lowest BCUT2D eigenvalue weighted by molar-refractivity contribution is 0.123. The maximum atomic E-state index is 13.0. The molecule has 0 saturated carbocycles. The standard InChI is InChI=1S/C18H22N4O6S/c1-26-16-9-10-17(21-20-16)28-14-4-3-11-22(12-14)29(24,25)15-7-5-13(6-8-15)19-18(23)27-2/h5-10,14H,3-4,11-12H2,1-2H3,(H,19,23). The Morgan fingerprint density at radius 3 is 2.41 bits per heavy atom. The van der Waals surface area contributed by atoms with Crippen LogP contribution in [0.15, 0.2) is 41.3 Å². The molecular weight excluding hydrogens is 400 g/mol. The molecule has 1 amide bonds. The molecule has 1 unspecified atom stereocenters. The first-order chi connectivity index (χ1) is 13.9. The van der Waals surface area contributed by atoms with E-state index in [1.54, 1.807) is 12.1 Å². The van der Waals surface area contributed by atoms with Crippen LogP contribution in [0, 0.1) is 0 Å². The number of methoxy groups -OCH3 is 2. The lowest BCUT2D eigenvalue weighted by Crippen LogP contribution is -2.44. The van der Waals surface area contributed by atoms with Crippen LogP contribution in [-0.4, -0.2) is 62.4 Å². The average molecular weight is 422 g/mol. The Kier molecular flexibility index (Phi) is 6.49. The second-order valence-corrected chi connectivity index (χ2v) is 8.24. The van der Waals surface area contributed by atoms with Gasteiger partial charge in [0.2, 0.25) is 21.8 Å². The summed E-state index contributed by atoms with van der Waals surface area (Å²) in [4.78, 5) is 11.4. The Labute approximate surface area is 168 Å². The summed E-state index contributed by atoms with van der Waals surface area (Å²) >= 11 is 0. The zero-order valence-electron chi connectivity index (χ0n) is 16.1. The molecule has 11 heteroatoms. The molecule has 0 bridgehead atoms. The maximum Gasteiger partial charge on any atom is 0.411 e. The minimum atomic E-state index is -3.70. The number of piperidine rings is 1. The molecule has 3 rings (SSSR count). The molecule has 1 aromatic heterocycles. The van der Waals surface area contributed by atoms with Crippen LogP contribution in [-0.2, 0) is 14.8 Å². The Morgan fingerprint density at radius 2 is 1.79 bits per heavy atom. The van der Waals surface area contributed by atoms with Gasteiger partial charge < -0.3 is 14.2 Å². The summed E-state index contributed by atoms with van der Waals surface area (Å²) in [6.07, 6.45) is 0.414. The summed E-state index contributed by atoms with van der Waals surface area (Å²) in [5, 5.41) is 10.2. The van der Waals surface area contributed by atoms with Gasteiger partial charge in [0.15, 0.2) is 0 Å². The van der Waals surface area contributed by atoms with Gasteiger partial charge in [-0.2, -0.15) is 4.31 Å². The minimum Gasteiger partial charge on any atom is -0.480 e. The molecule has 0 radical (unpaired) electrons. The number of anilines is 1. The molecule has 29 heavy (non-hydrogen) atoms. The number of aromatic nitrogens is 2. The smallest absolute Gasteiger partial charge is 0.411 e. The van der Waals surface area contributed by atoms with Gasteiger partial charge in [0.05, 0.1) is 25.7 Å². The van der Waals surface area contributed by atoms with E-state index in [0.29, 0.717) is 36.8 Å². The highest BCUT2D eigenvalue weighted by Gasteiger charge is 2.31. The van der Waals surface area contributed by atoms with Gasteiger partial charge >= 0.3 is 6.09 Å². The number of nitrogens with zero attached hydrogens (tertiary/aromatic N) is 3. The van der Waals surface area contributed by atoms with E-state index in [1.807, 2.05) is 0 Å². The third-order valence-corrected chi connectivity index (χ3v) is 6.26. The third-order valence-electron chi connectivity index (χ3n) is 4.38. The first-order valence-corrected chi connectivity index (χ1v) is 10.4.